The molecule has 0 amide bonds. The van der Waals surface area contributed by atoms with E-state index in [0.29, 0.717) is 5.69 Å². The molecule has 6 nitrogen and oxygen atoms in total. The summed E-state index contributed by atoms with van der Waals surface area (Å²) in [5.74, 6) is -1.21. The predicted molar refractivity (Wildman–Crippen MR) is 68.8 cm³/mol. The van der Waals surface area contributed by atoms with Crippen molar-refractivity contribution in [2.75, 3.05) is 24.9 Å². The molecule has 1 N–H and O–H groups in total. The summed E-state index contributed by atoms with van der Waals surface area (Å²) in [5, 5.41) is 8.82. The summed E-state index contributed by atoms with van der Waals surface area (Å²) in [6.45, 7) is 1.26. The van der Waals surface area contributed by atoms with Crippen LogP contribution in [0.25, 0.3) is 0 Å². The van der Waals surface area contributed by atoms with Gasteiger partial charge in [0.25, 0.3) is 0 Å². The van der Waals surface area contributed by atoms with Crippen molar-refractivity contribution in [3.05, 3.63) is 29.8 Å². The van der Waals surface area contributed by atoms with E-state index in [0.717, 1.165) is 14.2 Å². The largest absolute Gasteiger partial charge is 0.480 e. The first-order chi connectivity index (χ1) is 8.25. The van der Waals surface area contributed by atoms with Gasteiger partial charge in [-0.15, -0.1) is 0 Å². The van der Waals surface area contributed by atoms with Crippen LogP contribution in [0.3, 0.4) is 0 Å². The maximum atomic E-state index is 12.0. The number of aliphatic carboxylic acids is 1. The molecule has 0 aliphatic heterocycles. The Balaban J connectivity index is 3.22. The average molecular weight is 272 g/mol. The van der Waals surface area contributed by atoms with Gasteiger partial charge in [-0.25, -0.2) is 4.31 Å². The van der Waals surface area contributed by atoms with Crippen LogP contribution in [-0.4, -0.2) is 44.4 Å². The number of anilines is 1. The summed E-state index contributed by atoms with van der Waals surface area (Å²) in [5.41, 5.74) is 1.30. The van der Waals surface area contributed by atoms with E-state index in [9.17, 15) is 13.2 Å². The number of hydrogen-bond donors (Lipinski definition) is 1. The molecule has 0 unspecified atom stereocenters. The SMILES string of the molecule is Cc1ccc(N(CC(=O)O)S(=O)(=O)N(C)C)cc1. The third-order valence-corrected chi connectivity index (χ3v) is 4.16. The fraction of sp³-hybridized carbons (Fsp3) is 0.364. The van der Waals surface area contributed by atoms with E-state index in [4.69, 9.17) is 5.11 Å². The molecule has 0 fully saturated rings. The number of carboxylic acids is 1. The predicted octanol–water partition coefficient (Wildman–Crippen LogP) is 0.692. The number of aryl methyl sites for hydroxylation is 1. The highest BCUT2D eigenvalue weighted by Crippen LogP contribution is 2.19. The van der Waals surface area contributed by atoms with Gasteiger partial charge in [0.2, 0.25) is 0 Å². The Kier molecular flexibility index (Phi) is 4.31. The van der Waals surface area contributed by atoms with E-state index in [2.05, 4.69) is 0 Å². The molecule has 0 aromatic heterocycles. The van der Waals surface area contributed by atoms with Crippen LogP contribution in [0.2, 0.25) is 0 Å². The van der Waals surface area contributed by atoms with Gasteiger partial charge in [0.15, 0.2) is 0 Å². The second-order valence-electron chi connectivity index (χ2n) is 4.03. The van der Waals surface area contributed by atoms with Crippen LogP contribution < -0.4 is 4.31 Å². The Hall–Kier alpha value is -1.60. The number of carbonyl (C=O) groups is 1. The van der Waals surface area contributed by atoms with Gasteiger partial charge in [0.05, 0.1) is 5.69 Å². The third kappa shape index (κ3) is 3.21. The molecule has 18 heavy (non-hydrogen) atoms. The van der Waals surface area contributed by atoms with Gasteiger partial charge in [0, 0.05) is 14.1 Å². The normalized spacial score (nSPS) is 11.6. The molecule has 0 bridgehead atoms. The van der Waals surface area contributed by atoms with E-state index >= 15 is 0 Å². The molecule has 0 radical (unpaired) electrons. The van der Waals surface area contributed by atoms with Gasteiger partial charge in [-0.1, -0.05) is 17.7 Å². The minimum atomic E-state index is -3.81. The Morgan fingerprint density at radius 2 is 1.72 bits per heavy atom. The summed E-state index contributed by atoms with van der Waals surface area (Å²) in [6.07, 6.45) is 0. The number of benzene rings is 1. The summed E-state index contributed by atoms with van der Waals surface area (Å²) in [6, 6.07) is 6.63. The van der Waals surface area contributed by atoms with Gasteiger partial charge in [-0.3, -0.25) is 4.79 Å². The summed E-state index contributed by atoms with van der Waals surface area (Å²) < 4.78 is 25.9. The second-order valence-corrected chi connectivity index (χ2v) is 6.09. The lowest BCUT2D eigenvalue weighted by Crippen LogP contribution is -2.42. The molecule has 0 heterocycles. The van der Waals surface area contributed by atoms with Gasteiger partial charge in [-0.05, 0) is 19.1 Å². The molecule has 0 atom stereocenters. The molecular formula is C11H16N2O4S. The molecule has 0 saturated carbocycles. The summed E-state index contributed by atoms with van der Waals surface area (Å²) in [4.78, 5) is 10.8. The van der Waals surface area contributed by atoms with Crippen LogP contribution in [0.1, 0.15) is 5.56 Å². The molecule has 7 heteroatoms. The summed E-state index contributed by atoms with van der Waals surface area (Å²) >= 11 is 0. The fourth-order valence-electron chi connectivity index (χ4n) is 1.34. The van der Waals surface area contributed by atoms with Gasteiger partial charge < -0.3 is 5.11 Å². The van der Waals surface area contributed by atoms with Crippen molar-refractivity contribution in [2.24, 2.45) is 0 Å². The second kappa shape index (κ2) is 5.36. The molecule has 100 valence electrons. The Labute approximate surface area is 107 Å². The first-order valence-corrected chi connectivity index (χ1v) is 6.63. The van der Waals surface area contributed by atoms with Crippen LogP contribution in [0, 0.1) is 6.92 Å². The highest BCUT2D eigenvalue weighted by molar-refractivity contribution is 7.90. The Morgan fingerprint density at radius 3 is 2.11 bits per heavy atom. The molecule has 1 rings (SSSR count). The Bertz CT molecular complexity index is 522. The van der Waals surface area contributed by atoms with Gasteiger partial charge >= 0.3 is 16.2 Å². The standard InChI is InChI=1S/C11H16N2O4S/c1-9-4-6-10(7-5-9)13(8-11(14)15)18(16,17)12(2)3/h4-7H,8H2,1-3H3,(H,14,15). The lowest BCUT2D eigenvalue weighted by molar-refractivity contribution is -0.135. The molecular weight excluding hydrogens is 256 g/mol. The number of nitrogens with zero attached hydrogens (tertiary/aromatic N) is 2. The number of hydrogen-bond acceptors (Lipinski definition) is 3. The smallest absolute Gasteiger partial charge is 0.324 e. The van der Waals surface area contributed by atoms with E-state index < -0.39 is 22.7 Å². The topological polar surface area (TPSA) is 77.9 Å². The lowest BCUT2D eigenvalue weighted by atomic mass is 10.2. The van der Waals surface area contributed by atoms with Crippen molar-refractivity contribution in [1.82, 2.24) is 4.31 Å². The quantitative estimate of drug-likeness (QED) is 0.855. The fourth-order valence-corrected chi connectivity index (χ4v) is 2.39. The first-order valence-electron chi connectivity index (χ1n) is 5.24. The molecule has 0 aliphatic carbocycles. The maximum absolute atomic E-state index is 12.0. The van der Waals surface area contributed by atoms with E-state index in [1.165, 1.54) is 14.1 Å². The molecule has 0 aliphatic rings. The van der Waals surface area contributed by atoms with Gasteiger partial charge in [-0.2, -0.15) is 12.7 Å². The minimum absolute atomic E-state index is 0.330. The van der Waals surface area contributed by atoms with Gasteiger partial charge in [0.1, 0.15) is 6.54 Å². The van der Waals surface area contributed by atoms with Crippen molar-refractivity contribution in [3.63, 3.8) is 0 Å². The van der Waals surface area contributed by atoms with Crippen molar-refractivity contribution in [1.29, 1.82) is 0 Å². The maximum Gasteiger partial charge on any atom is 0.324 e. The first kappa shape index (κ1) is 14.5. The van der Waals surface area contributed by atoms with Crippen molar-refractivity contribution in [3.8, 4) is 0 Å². The number of rotatable bonds is 5. The van der Waals surface area contributed by atoms with Crippen molar-refractivity contribution < 1.29 is 18.3 Å². The van der Waals surface area contributed by atoms with Crippen molar-refractivity contribution >= 4 is 21.9 Å². The molecule has 0 saturated heterocycles. The lowest BCUT2D eigenvalue weighted by Gasteiger charge is -2.25. The number of carboxylic acid groups (broad SMARTS) is 1. The monoisotopic (exact) mass is 272 g/mol. The van der Waals surface area contributed by atoms with Crippen LogP contribution in [0.5, 0.6) is 0 Å². The van der Waals surface area contributed by atoms with E-state index in [1.807, 2.05) is 6.92 Å². The highest BCUT2D eigenvalue weighted by Gasteiger charge is 2.26. The van der Waals surface area contributed by atoms with Crippen LogP contribution in [-0.2, 0) is 15.0 Å². The van der Waals surface area contributed by atoms with E-state index in [-0.39, 0.29) is 0 Å². The Morgan fingerprint density at radius 1 is 1.22 bits per heavy atom. The van der Waals surface area contributed by atoms with E-state index in [1.54, 1.807) is 24.3 Å². The zero-order valence-electron chi connectivity index (χ0n) is 10.5. The minimum Gasteiger partial charge on any atom is -0.480 e. The molecule has 1 aromatic carbocycles. The molecule has 1 aromatic rings. The van der Waals surface area contributed by atoms with Crippen molar-refractivity contribution in [2.45, 2.75) is 6.92 Å². The zero-order chi connectivity index (χ0) is 13.9. The van der Waals surface area contributed by atoms with Crippen LogP contribution >= 0.6 is 0 Å². The zero-order valence-corrected chi connectivity index (χ0v) is 11.3. The highest BCUT2D eigenvalue weighted by atomic mass is 32.2. The average Bonchev–Trinajstić information content (AvgIpc) is 2.26. The molecule has 0 spiro atoms. The van der Waals surface area contributed by atoms with Crippen LogP contribution in [0.4, 0.5) is 5.69 Å². The summed E-state index contributed by atoms with van der Waals surface area (Å²) in [7, 11) is -1.10. The van der Waals surface area contributed by atoms with Crippen LogP contribution in [0.15, 0.2) is 24.3 Å². The third-order valence-electron chi connectivity index (χ3n) is 2.34.